The Morgan fingerprint density at radius 3 is 2.71 bits per heavy atom. The monoisotopic (exact) mass is 238 g/mol. The van der Waals surface area contributed by atoms with Crippen molar-refractivity contribution in [1.82, 2.24) is 25.0 Å². The molecule has 1 fully saturated rings. The highest BCUT2D eigenvalue weighted by Gasteiger charge is 2.23. The van der Waals surface area contributed by atoms with Gasteiger partial charge in [0.15, 0.2) is 0 Å². The fourth-order valence-electron chi connectivity index (χ4n) is 1.84. The van der Waals surface area contributed by atoms with Crippen LogP contribution >= 0.6 is 0 Å². The Kier molecular flexibility index (Phi) is 3.46. The number of carbonyl (C=O) groups excluding carboxylic acids is 1. The molecular weight excluding hydrogens is 220 g/mol. The number of anilines is 1. The lowest BCUT2D eigenvalue weighted by molar-refractivity contribution is 0.161. The second-order valence-electron chi connectivity index (χ2n) is 4.08. The van der Waals surface area contributed by atoms with E-state index in [0.717, 1.165) is 38.7 Å². The lowest BCUT2D eigenvalue weighted by atomic mass is 10.3. The van der Waals surface area contributed by atoms with E-state index >= 15 is 0 Å². The molecule has 0 bridgehead atoms. The standard InChI is InChI=1S/C10H18N6O/c1-3-14(2)10(17)16-6-4-15(5-7-16)9-11-8-12-13-9/h8H,3-7H2,1-2H3,(H,11,12,13). The van der Waals surface area contributed by atoms with Gasteiger partial charge < -0.3 is 14.7 Å². The van der Waals surface area contributed by atoms with Crippen molar-refractivity contribution in [3.05, 3.63) is 6.33 Å². The first kappa shape index (κ1) is 11.7. The van der Waals surface area contributed by atoms with E-state index in [-0.39, 0.29) is 6.03 Å². The molecule has 7 nitrogen and oxygen atoms in total. The number of rotatable bonds is 2. The second-order valence-corrected chi connectivity index (χ2v) is 4.08. The van der Waals surface area contributed by atoms with Crippen LogP contribution in [-0.2, 0) is 0 Å². The Balaban J connectivity index is 1.88. The van der Waals surface area contributed by atoms with E-state index in [1.807, 2.05) is 18.9 Å². The van der Waals surface area contributed by atoms with Crippen LogP contribution in [0.15, 0.2) is 6.33 Å². The molecule has 0 spiro atoms. The molecule has 0 saturated carbocycles. The van der Waals surface area contributed by atoms with E-state index in [9.17, 15) is 4.79 Å². The molecule has 2 heterocycles. The zero-order valence-electron chi connectivity index (χ0n) is 10.3. The summed E-state index contributed by atoms with van der Waals surface area (Å²) in [7, 11) is 1.82. The quantitative estimate of drug-likeness (QED) is 0.787. The number of H-pyrrole nitrogens is 1. The number of hydrogen-bond donors (Lipinski definition) is 1. The lowest BCUT2D eigenvalue weighted by Crippen LogP contribution is -2.52. The highest BCUT2D eigenvalue weighted by molar-refractivity contribution is 5.74. The minimum Gasteiger partial charge on any atom is -0.338 e. The first-order valence-corrected chi connectivity index (χ1v) is 5.82. The molecule has 0 atom stereocenters. The van der Waals surface area contributed by atoms with Crippen molar-refractivity contribution < 1.29 is 4.79 Å². The smallest absolute Gasteiger partial charge is 0.319 e. The second kappa shape index (κ2) is 5.03. The van der Waals surface area contributed by atoms with Gasteiger partial charge in [-0.2, -0.15) is 10.1 Å². The number of piperazine rings is 1. The first-order valence-electron chi connectivity index (χ1n) is 5.82. The van der Waals surface area contributed by atoms with E-state index in [0.29, 0.717) is 0 Å². The summed E-state index contributed by atoms with van der Waals surface area (Å²) < 4.78 is 0. The highest BCUT2D eigenvalue weighted by Crippen LogP contribution is 2.10. The molecule has 17 heavy (non-hydrogen) atoms. The number of amides is 2. The SMILES string of the molecule is CCN(C)C(=O)N1CCN(c2ncn[nH]2)CC1. The minimum absolute atomic E-state index is 0.102. The normalized spacial score (nSPS) is 16.1. The van der Waals surface area contributed by atoms with Crippen LogP contribution in [0.3, 0.4) is 0 Å². The van der Waals surface area contributed by atoms with Crippen LogP contribution in [0.25, 0.3) is 0 Å². The molecule has 0 aromatic carbocycles. The molecule has 1 N–H and O–H groups in total. The first-order chi connectivity index (χ1) is 8.22. The maximum absolute atomic E-state index is 11.9. The Labute approximate surface area is 100 Å². The van der Waals surface area contributed by atoms with E-state index < -0.39 is 0 Å². The number of hydrogen-bond acceptors (Lipinski definition) is 4. The Morgan fingerprint density at radius 2 is 2.18 bits per heavy atom. The van der Waals surface area contributed by atoms with Crippen molar-refractivity contribution in [1.29, 1.82) is 0 Å². The molecule has 1 aromatic heterocycles. The van der Waals surface area contributed by atoms with Crippen molar-refractivity contribution in [2.45, 2.75) is 6.92 Å². The van der Waals surface area contributed by atoms with Gasteiger partial charge in [-0.3, -0.25) is 0 Å². The predicted molar refractivity (Wildman–Crippen MR) is 63.9 cm³/mol. The van der Waals surface area contributed by atoms with Crippen LogP contribution in [0.4, 0.5) is 10.7 Å². The van der Waals surface area contributed by atoms with Gasteiger partial charge in [0.25, 0.3) is 0 Å². The van der Waals surface area contributed by atoms with Crippen molar-refractivity contribution >= 4 is 12.0 Å². The summed E-state index contributed by atoms with van der Waals surface area (Å²) >= 11 is 0. The van der Waals surface area contributed by atoms with Gasteiger partial charge in [0.2, 0.25) is 5.95 Å². The summed E-state index contributed by atoms with van der Waals surface area (Å²) in [6.07, 6.45) is 1.50. The van der Waals surface area contributed by atoms with E-state index in [4.69, 9.17) is 0 Å². The Bertz CT molecular complexity index is 357. The molecule has 0 aliphatic carbocycles. The summed E-state index contributed by atoms with van der Waals surface area (Å²) in [5.41, 5.74) is 0. The summed E-state index contributed by atoms with van der Waals surface area (Å²) in [5.74, 6) is 0.779. The van der Waals surface area contributed by atoms with Gasteiger partial charge in [-0.1, -0.05) is 0 Å². The number of aromatic nitrogens is 3. The number of aromatic amines is 1. The maximum Gasteiger partial charge on any atom is 0.319 e. The van der Waals surface area contributed by atoms with Crippen LogP contribution in [0.5, 0.6) is 0 Å². The summed E-state index contributed by atoms with van der Waals surface area (Å²) in [6.45, 7) is 5.74. The molecule has 1 aliphatic rings. The van der Waals surface area contributed by atoms with E-state index in [1.165, 1.54) is 6.33 Å². The summed E-state index contributed by atoms with van der Waals surface area (Å²) in [4.78, 5) is 21.7. The van der Waals surface area contributed by atoms with Crippen molar-refractivity contribution in [2.75, 3.05) is 44.7 Å². The van der Waals surface area contributed by atoms with Gasteiger partial charge in [0, 0.05) is 39.8 Å². The molecule has 1 saturated heterocycles. The number of nitrogens with zero attached hydrogens (tertiary/aromatic N) is 5. The van der Waals surface area contributed by atoms with Gasteiger partial charge in [-0.15, -0.1) is 0 Å². The highest BCUT2D eigenvalue weighted by atomic mass is 16.2. The summed E-state index contributed by atoms with van der Waals surface area (Å²) in [6, 6.07) is 0.102. The zero-order chi connectivity index (χ0) is 12.3. The Morgan fingerprint density at radius 1 is 1.47 bits per heavy atom. The third-order valence-corrected chi connectivity index (χ3v) is 3.05. The van der Waals surface area contributed by atoms with Crippen molar-refractivity contribution in [3.63, 3.8) is 0 Å². The lowest BCUT2D eigenvalue weighted by Gasteiger charge is -2.36. The zero-order valence-corrected chi connectivity index (χ0v) is 10.3. The van der Waals surface area contributed by atoms with Crippen LogP contribution in [0.2, 0.25) is 0 Å². The average molecular weight is 238 g/mol. The van der Waals surface area contributed by atoms with E-state index in [1.54, 1.807) is 4.90 Å². The van der Waals surface area contributed by atoms with Crippen LogP contribution in [0.1, 0.15) is 6.92 Å². The fraction of sp³-hybridized carbons (Fsp3) is 0.700. The molecule has 0 unspecified atom stereocenters. The molecule has 1 aliphatic heterocycles. The number of carbonyl (C=O) groups is 1. The van der Waals surface area contributed by atoms with Crippen LogP contribution in [-0.4, -0.2) is 70.8 Å². The van der Waals surface area contributed by atoms with Crippen LogP contribution in [0, 0.1) is 0 Å². The molecule has 2 rings (SSSR count). The molecule has 7 heteroatoms. The molecular formula is C10H18N6O. The fourth-order valence-corrected chi connectivity index (χ4v) is 1.84. The van der Waals surface area contributed by atoms with Crippen molar-refractivity contribution in [2.24, 2.45) is 0 Å². The van der Waals surface area contributed by atoms with Gasteiger partial charge in [0.05, 0.1) is 0 Å². The van der Waals surface area contributed by atoms with Gasteiger partial charge >= 0.3 is 6.03 Å². The third kappa shape index (κ3) is 2.48. The number of nitrogens with one attached hydrogen (secondary N) is 1. The third-order valence-electron chi connectivity index (χ3n) is 3.05. The van der Waals surface area contributed by atoms with E-state index in [2.05, 4.69) is 20.1 Å². The maximum atomic E-state index is 11.9. The summed E-state index contributed by atoms with van der Waals surface area (Å²) in [5, 5.41) is 6.66. The molecule has 0 radical (unpaired) electrons. The molecule has 2 amide bonds. The van der Waals surface area contributed by atoms with Gasteiger partial charge in [-0.25, -0.2) is 9.89 Å². The van der Waals surface area contributed by atoms with Gasteiger partial charge in [-0.05, 0) is 6.92 Å². The Hall–Kier alpha value is -1.79. The minimum atomic E-state index is 0.102. The van der Waals surface area contributed by atoms with Gasteiger partial charge in [0.1, 0.15) is 6.33 Å². The van der Waals surface area contributed by atoms with Crippen LogP contribution < -0.4 is 4.90 Å². The molecule has 94 valence electrons. The predicted octanol–water partition coefficient (Wildman–Crippen LogP) is -0.00160. The average Bonchev–Trinajstić information content (AvgIpc) is 2.91. The topological polar surface area (TPSA) is 68.4 Å². The molecule has 1 aromatic rings. The number of urea groups is 1. The largest absolute Gasteiger partial charge is 0.338 e. The van der Waals surface area contributed by atoms with Crippen molar-refractivity contribution in [3.8, 4) is 0 Å².